The molecule has 2 unspecified atom stereocenters. The van der Waals surface area contributed by atoms with Gasteiger partial charge in [0.2, 0.25) is 11.8 Å². The normalized spacial score (nSPS) is 32.8. The summed E-state index contributed by atoms with van der Waals surface area (Å²) in [6.07, 6.45) is 0. The van der Waals surface area contributed by atoms with Crippen molar-refractivity contribution in [2.75, 3.05) is 17.7 Å². The Morgan fingerprint density at radius 1 is 1.16 bits per heavy atom. The van der Waals surface area contributed by atoms with E-state index in [0.717, 1.165) is 11.4 Å². The van der Waals surface area contributed by atoms with Crippen molar-refractivity contribution >= 4 is 29.3 Å². The molecule has 2 aliphatic rings. The molecule has 3 rings (SSSR count). The van der Waals surface area contributed by atoms with E-state index in [1.165, 1.54) is 0 Å². The van der Waals surface area contributed by atoms with E-state index in [-0.39, 0.29) is 11.8 Å². The zero-order valence-electron chi connectivity index (χ0n) is 11.2. The molecule has 1 aromatic carbocycles. The number of hydrogen-bond donors (Lipinski definition) is 0. The molecule has 0 spiro atoms. The van der Waals surface area contributed by atoms with E-state index in [1.807, 2.05) is 37.3 Å². The summed E-state index contributed by atoms with van der Waals surface area (Å²) < 4.78 is 0. The van der Waals surface area contributed by atoms with E-state index in [1.54, 1.807) is 35.5 Å². The number of benzene rings is 1. The average molecular weight is 276 g/mol. The second-order valence-corrected chi connectivity index (χ2v) is 6.44. The third-order valence-corrected chi connectivity index (χ3v) is 5.69. The predicted molar refractivity (Wildman–Crippen MR) is 75.7 cm³/mol. The average Bonchev–Trinajstić information content (AvgIpc) is 2.45. The van der Waals surface area contributed by atoms with Crippen LogP contribution in [0.3, 0.4) is 0 Å². The third-order valence-electron chi connectivity index (χ3n) is 4.13. The molecule has 2 heterocycles. The number of thioether (sulfide) groups is 1. The van der Waals surface area contributed by atoms with E-state index in [0.29, 0.717) is 0 Å². The van der Waals surface area contributed by atoms with Crippen LogP contribution in [0.5, 0.6) is 0 Å². The van der Waals surface area contributed by atoms with Gasteiger partial charge in [-0.3, -0.25) is 14.5 Å². The van der Waals surface area contributed by atoms with Gasteiger partial charge in [-0.05, 0) is 24.8 Å². The molecule has 5 heteroatoms. The van der Waals surface area contributed by atoms with E-state index in [2.05, 4.69) is 0 Å². The van der Waals surface area contributed by atoms with Crippen LogP contribution in [-0.4, -0.2) is 34.5 Å². The van der Waals surface area contributed by atoms with Crippen molar-refractivity contribution in [3.8, 4) is 0 Å². The molecule has 0 aliphatic carbocycles. The van der Waals surface area contributed by atoms with Gasteiger partial charge in [0.05, 0.1) is 0 Å². The fraction of sp³-hybridized carbons (Fsp3) is 0.429. The maximum absolute atomic E-state index is 12.4. The van der Waals surface area contributed by atoms with E-state index in [9.17, 15) is 9.59 Å². The minimum Gasteiger partial charge on any atom is -0.311 e. The molecular weight excluding hydrogens is 260 g/mol. The van der Waals surface area contributed by atoms with Crippen LogP contribution in [0.1, 0.15) is 13.8 Å². The third kappa shape index (κ3) is 1.13. The molecule has 2 atom stereocenters. The highest BCUT2D eigenvalue weighted by atomic mass is 32.2. The van der Waals surface area contributed by atoms with Crippen LogP contribution in [0.15, 0.2) is 30.3 Å². The fourth-order valence-electron chi connectivity index (χ4n) is 3.18. The monoisotopic (exact) mass is 276 g/mol. The van der Waals surface area contributed by atoms with Gasteiger partial charge in [-0.1, -0.05) is 25.1 Å². The quantitative estimate of drug-likeness (QED) is 0.625. The number of para-hydroxylation sites is 1. The van der Waals surface area contributed by atoms with E-state index >= 15 is 0 Å². The number of anilines is 1. The number of β-lactam (4-membered cyclic amide) rings is 2. The first-order chi connectivity index (χ1) is 9.01. The summed E-state index contributed by atoms with van der Waals surface area (Å²) in [6.45, 7) is 3.81. The number of amides is 2. The first kappa shape index (κ1) is 12.5. The second kappa shape index (κ2) is 3.76. The molecular formula is C14H16N2O2S. The zero-order valence-corrected chi connectivity index (χ0v) is 12.0. The molecule has 2 saturated heterocycles. The standard InChI is InChI=1S/C14H16N2O2S/c1-4-19-14-13(2,11(17)15(14)3)12(18)16(14)10-8-6-5-7-9-10/h5-9H,4H2,1-3H3. The number of fused-ring (bicyclic) bond motifs is 1. The van der Waals surface area contributed by atoms with Crippen LogP contribution in [0.25, 0.3) is 0 Å². The lowest BCUT2D eigenvalue weighted by Crippen LogP contribution is -2.93. The lowest BCUT2D eigenvalue weighted by molar-refractivity contribution is -0.192. The summed E-state index contributed by atoms with van der Waals surface area (Å²) in [5.41, 5.74) is -0.0385. The number of carbonyl (C=O) groups excluding carboxylic acids is 2. The maximum Gasteiger partial charge on any atom is 0.250 e. The number of rotatable bonds is 3. The van der Waals surface area contributed by atoms with E-state index < -0.39 is 10.4 Å². The highest BCUT2D eigenvalue weighted by Gasteiger charge is 2.84. The highest BCUT2D eigenvalue weighted by Crippen LogP contribution is 2.65. The first-order valence-corrected chi connectivity index (χ1v) is 7.32. The van der Waals surface area contributed by atoms with Crippen LogP contribution in [0, 0.1) is 5.41 Å². The molecule has 0 radical (unpaired) electrons. The lowest BCUT2D eigenvalue weighted by atomic mass is 9.66. The molecule has 2 fully saturated rings. The summed E-state index contributed by atoms with van der Waals surface area (Å²) in [5, 5.41) is 0. The van der Waals surface area contributed by atoms with Gasteiger partial charge < -0.3 is 4.90 Å². The van der Waals surface area contributed by atoms with Crippen molar-refractivity contribution in [2.24, 2.45) is 5.41 Å². The molecule has 0 bridgehead atoms. The van der Waals surface area contributed by atoms with Crippen molar-refractivity contribution in [2.45, 2.75) is 18.8 Å². The Balaban J connectivity index is 2.08. The van der Waals surface area contributed by atoms with Gasteiger partial charge in [-0.2, -0.15) is 0 Å². The smallest absolute Gasteiger partial charge is 0.250 e. The van der Waals surface area contributed by atoms with Gasteiger partial charge in [0.1, 0.15) is 0 Å². The second-order valence-electron chi connectivity index (χ2n) is 5.01. The Labute approximate surface area is 116 Å². The van der Waals surface area contributed by atoms with Crippen molar-refractivity contribution in [3.63, 3.8) is 0 Å². The summed E-state index contributed by atoms with van der Waals surface area (Å²) in [4.78, 5) is 27.4. The van der Waals surface area contributed by atoms with Gasteiger partial charge in [0, 0.05) is 12.7 Å². The number of nitrogens with zero attached hydrogens (tertiary/aromatic N) is 2. The minimum atomic E-state index is -0.891. The Hall–Kier alpha value is -1.49. The first-order valence-electron chi connectivity index (χ1n) is 6.33. The van der Waals surface area contributed by atoms with Crippen LogP contribution < -0.4 is 4.90 Å². The largest absolute Gasteiger partial charge is 0.311 e. The summed E-state index contributed by atoms with van der Waals surface area (Å²) in [7, 11) is 1.77. The topological polar surface area (TPSA) is 40.6 Å². The maximum atomic E-state index is 12.4. The Morgan fingerprint density at radius 3 is 2.37 bits per heavy atom. The van der Waals surface area contributed by atoms with Crippen LogP contribution >= 0.6 is 11.8 Å². The fourth-order valence-corrected chi connectivity index (χ4v) is 4.64. The molecule has 2 aliphatic heterocycles. The summed E-state index contributed by atoms with van der Waals surface area (Å²) >= 11 is 1.64. The summed E-state index contributed by atoms with van der Waals surface area (Å²) in [5.74, 6) is 0.678. The number of carbonyl (C=O) groups is 2. The van der Waals surface area contributed by atoms with Crippen molar-refractivity contribution in [3.05, 3.63) is 30.3 Å². The van der Waals surface area contributed by atoms with Gasteiger partial charge in [-0.15, -0.1) is 11.8 Å². The SMILES string of the molecule is CCSC12N(C)C(=O)C1(C)C(=O)N2c1ccccc1. The van der Waals surface area contributed by atoms with Gasteiger partial charge >= 0.3 is 0 Å². The van der Waals surface area contributed by atoms with Gasteiger partial charge in [-0.25, -0.2) is 0 Å². The molecule has 19 heavy (non-hydrogen) atoms. The molecule has 4 nitrogen and oxygen atoms in total. The Kier molecular flexibility index (Phi) is 2.48. The lowest BCUT2D eigenvalue weighted by Gasteiger charge is -2.72. The molecule has 100 valence electrons. The highest BCUT2D eigenvalue weighted by molar-refractivity contribution is 8.01. The number of likely N-dealkylation sites (tertiary alicyclic amines) is 1. The molecule has 2 amide bonds. The van der Waals surface area contributed by atoms with Crippen LogP contribution in [0.2, 0.25) is 0 Å². The van der Waals surface area contributed by atoms with Crippen molar-refractivity contribution in [1.82, 2.24) is 4.90 Å². The predicted octanol–water partition coefficient (Wildman–Crippen LogP) is 1.92. The Bertz CT molecular complexity index is 562. The zero-order chi connectivity index (χ0) is 13.8. The molecule has 0 saturated carbocycles. The van der Waals surface area contributed by atoms with Crippen molar-refractivity contribution in [1.29, 1.82) is 0 Å². The van der Waals surface area contributed by atoms with Crippen molar-refractivity contribution < 1.29 is 9.59 Å². The van der Waals surface area contributed by atoms with Gasteiger partial charge in [0.15, 0.2) is 10.4 Å². The summed E-state index contributed by atoms with van der Waals surface area (Å²) in [6, 6.07) is 9.55. The molecule has 0 aromatic heterocycles. The van der Waals surface area contributed by atoms with Gasteiger partial charge in [0.25, 0.3) is 0 Å². The van der Waals surface area contributed by atoms with E-state index in [4.69, 9.17) is 0 Å². The Morgan fingerprint density at radius 2 is 1.79 bits per heavy atom. The van der Waals surface area contributed by atoms with Crippen LogP contribution in [-0.2, 0) is 9.59 Å². The van der Waals surface area contributed by atoms with Crippen LogP contribution in [0.4, 0.5) is 5.69 Å². The minimum absolute atomic E-state index is 0.0781. The molecule has 1 aromatic rings. The molecule has 0 N–H and O–H groups in total. The number of hydrogen-bond acceptors (Lipinski definition) is 3.